The Balaban J connectivity index is 1.51. The molecule has 1 aliphatic heterocycles. The molecule has 1 aromatic heterocycles. The molecule has 2 heterocycles. The van der Waals surface area contributed by atoms with Gasteiger partial charge in [-0.2, -0.15) is 0 Å². The molecule has 0 saturated carbocycles. The minimum atomic E-state index is 0.227. The maximum absolute atomic E-state index is 12.6. The summed E-state index contributed by atoms with van der Waals surface area (Å²) in [6.07, 6.45) is 1.68. The predicted molar refractivity (Wildman–Crippen MR) is 98.9 cm³/mol. The molecular weight excluding hydrogens is 314 g/mol. The first-order chi connectivity index (χ1) is 12.0. The number of nitrogens with one attached hydrogen (secondary N) is 1. The fourth-order valence-electron chi connectivity index (χ4n) is 3.42. The van der Waals surface area contributed by atoms with E-state index in [-0.39, 0.29) is 5.91 Å². The average Bonchev–Trinajstić information content (AvgIpc) is 3.10. The zero-order valence-electron chi connectivity index (χ0n) is 15.4. The number of hydrogen-bond donors (Lipinski definition) is 1. The van der Waals surface area contributed by atoms with E-state index in [1.807, 2.05) is 24.1 Å². The van der Waals surface area contributed by atoms with Crippen molar-refractivity contribution in [1.29, 1.82) is 0 Å². The first kappa shape index (κ1) is 17.5. The number of nitrogens with zero attached hydrogens (tertiary/aromatic N) is 2. The lowest BCUT2D eigenvalue weighted by Crippen LogP contribution is -3.08. The Labute approximate surface area is 149 Å². The molecule has 1 fully saturated rings. The first-order valence-electron chi connectivity index (χ1n) is 8.97. The van der Waals surface area contributed by atoms with Crippen LogP contribution in [0.4, 0.5) is 5.69 Å². The number of carbonyl (C=O) groups excluding carboxylic acids is 1. The van der Waals surface area contributed by atoms with Gasteiger partial charge in [0.25, 0.3) is 5.91 Å². The number of likely N-dealkylation sites (N-methyl/N-ethyl adjacent to an activating group) is 1. The van der Waals surface area contributed by atoms with Crippen molar-refractivity contribution in [1.82, 2.24) is 4.90 Å². The minimum absolute atomic E-state index is 0.227. The van der Waals surface area contributed by atoms with Crippen molar-refractivity contribution in [3.63, 3.8) is 0 Å². The molecule has 1 aromatic carbocycles. The van der Waals surface area contributed by atoms with Crippen LogP contribution in [-0.2, 0) is 11.3 Å². The molecule has 1 atom stereocenters. The Morgan fingerprint density at radius 2 is 1.88 bits per heavy atom. The summed E-state index contributed by atoms with van der Waals surface area (Å²) in [6.45, 7) is 8.94. The fourth-order valence-corrected chi connectivity index (χ4v) is 3.42. The summed E-state index contributed by atoms with van der Waals surface area (Å²) < 4.78 is 5.36. The number of aryl methyl sites for hydroxylation is 1. The zero-order valence-corrected chi connectivity index (χ0v) is 15.4. The van der Waals surface area contributed by atoms with Crippen molar-refractivity contribution in [3.8, 4) is 0 Å². The van der Waals surface area contributed by atoms with Crippen molar-refractivity contribution in [2.24, 2.45) is 0 Å². The number of piperazine rings is 1. The van der Waals surface area contributed by atoms with E-state index in [2.05, 4.69) is 36.9 Å². The third-order valence-electron chi connectivity index (χ3n) is 5.06. The molecular formula is C20H28N3O2+. The number of hydrogen-bond acceptors (Lipinski definition) is 3. The molecule has 1 unspecified atom stereocenters. The van der Waals surface area contributed by atoms with E-state index >= 15 is 0 Å². The molecule has 1 aliphatic rings. The molecule has 2 aromatic rings. The molecule has 0 aliphatic carbocycles. The van der Waals surface area contributed by atoms with Crippen LogP contribution < -0.4 is 9.80 Å². The van der Waals surface area contributed by atoms with Crippen LogP contribution in [-0.4, -0.2) is 50.6 Å². The summed E-state index contributed by atoms with van der Waals surface area (Å²) in [5.74, 6) is 1.15. The highest BCUT2D eigenvalue weighted by molar-refractivity contribution is 5.77. The molecule has 0 bridgehead atoms. The molecule has 3 rings (SSSR count). The van der Waals surface area contributed by atoms with Gasteiger partial charge in [0, 0.05) is 31.9 Å². The summed E-state index contributed by atoms with van der Waals surface area (Å²) in [4.78, 5) is 18.1. The molecule has 5 nitrogen and oxygen atoms in total. The minimum Gasteiger partial charge on any atom is -0.463 e. The lowest BCUT2D eigenvalue weighted by Gasteiger charge is -2.37. The van der Waals surface area contributed by atoms with Crippen molar-refractivity contribution in [2.45, 2.75) is 20.4 Å². The molecule has 0 radical (unpaired) electrons. The van der Waals surface area contributed by atoms with Gasteiger partial charge >= 0.3 is 0 Å². The fraction of sp³-hybridized carbons (Fsp3) is 0.450. The van der Waals surface area contributed by atoms with E-state index in [4.69, 9.17) is 4.42 Å². The SMILES string of the molecule is Cc1cccc(N2CCN(C(=O)C[NH+](C)Cc3ccco3)CC2)c1C. The molecule has 134 valence electrons. The van der Waals surface area contributed by atoms with Gasteiger partial charge in [0.05, 0.1) is 13.3 Å². The normalized spacial score (nSPS) is 16.1. The standard InChI is InChI=1S/C20H27N3O2/c1-16-6-4-8-19(17(16)2)22-9-11-23(12-10-22)20(24)15-21(3)14-18-7-5-13-25-18/h4-8,13H,9-12,14-15H2,1-3H3/p+1. The van der Waals surface area contributed by atoms with Gasteiger partial charge in [-0.3, -0.25) is 4.79 Å². The van der Waals surface area contributed by atoms with Gasteiger partial charge < -0.3 is 19.1 Å². The van der Waals surface area contributed by atoms with E-state index in [1.54, 1.807) is 6.26 Å². The van der Waals surface area contributed by atoms with Crippen LogP contribution in [0, 0.1) is 13.8 Å². The predicted octanol–water partition coefficient (Wildman–Crippen LogP) is 1.26. The smallest absolute Gasteiger partial charge is 0.277 e. The van der Waals surface area contributed by atoms with Crippen LogP contribution in [0.25, 0.3) is 0 Å². The van der Waals surface area contributed by atoms with Crippen LogP contribution in [0.5, 0.6) is 0 Å². The van der Waals surface area contributed by atoms with E-state index in [9.17, 15) is 4.79 Å². The lowest BCUT2D eigenvalue weighted by atomic mass is 10.1. The Bertz CT molecular complexity index is 704. The summed E-state index contributed by atoms with van der Waals surface area (Å²) in [7, 11) is 2.03. The number of amides is 1. The van der Waals surface area contributed by atoms with Crippen LogP contribution >= 0.6 is 0 Å². The molecule has 25 heavy (non-hydrogen) atoms. The molecule has 1 saturated heterocycles. The number of benzene rings is 1. The van der Waals surface area contributed by atoms with Crippen molar-refractivity contribution in [2.75, 3.05) is 44.7 Å². The largest absolute Gasteiger partial charge is 0.463 e. The van der Waals surface area contributed by atoms with Gasteiger partial charge in [0.15, 0.2) is 12.3 Å². The van der Waals surface area contributed by atoms with Crippen LogP contribution in [0.2, 0.25) is 0 Å². The van der Waals surface area contributed by atoms with Crippen LogP contribution in [0.1, 0.15) is 16.9 Å². The maximum atomic E-state index is 12.6. The molecule has 1 amide bonds. The number of rotatable bonds is 5. The number of furan rings is 1. The van der Waals surface area contributed by atoms with Crippen molar-refractivity contribution >= 4 is 11.6 Å². The zero-order chi connectivity index (χ0) is 17.8. The van der Waals surface area contributed by atoms with Gasteiger partial charge in [-0.05, 0) is 43.2 Å². The average molecular weight is 342 g/mol. The summed E-state index contributed by atoms with van der Waals surface area (Å²) in [5, 5.41) is 0. The Morgan fingerprint density at radius 3 is 2.56 bits per heavy atom. The van der Waals surface area contributed by atoms with Gasteiger partial charge in [0.2, 0.25) is 0 Å². The maximum Gasteiger partial charge on any atom is 0.277 e. The Morgan fingerprint density at radius 1 is 1.12 bits per heavy atom. The van der Waals surface area contributed by atoms with E-state index in [0.717, 1.165) is 43.4 Å². The lowest BCUT2D eigenvalue weighted by molar-refractivity contribution is -0.886. The second-order valence-electron chi connectivity index (χ2n) is 6.98. The molecule has 5 heteroatoms. The summed E-state index contributed by atoms with van der Waals surface area (Å²) in [6, 6.07) is 10.3. The summed E-state index contributed by atoms with van der Waals surface area (Å²) in [5.41, 5.74) is 3.96. The van der Waals surface area contributed by atoms with Gasteiger partial charge in [-0.25, -0.2) is 0 Å². The monoisotopic (exact) mass is 342 g/mol. The third-order valence-corrected chi connectivity index (χ3v) is 5.06. The Kier molecular flexibility index (Phi) is 5.43. The third kappa shape index (κ3) is 4.23. The summed E-state index contributed by atoms with van der Waals surface area (Å²) >= 11 is 0. The second kappa shape index (κ2) is 7.74. The number of anilines is 1. The quantitative estimate of drug-likeness (QED) is 0.889. The van der Waals surface area contributed by atoms with E-state index in [1.165, 1.54) is 16.8 Å². The van der Waals surface area contributed by atoms with Crippen molar-refractivity contribution in [3.05, 3.63) is 53.5 Å². The van der Waals surface area contributed by atoms with Crippen LogP contribution in [0.15, 0.2) is 41.0 Å². The highest BCUT2D eigenvalue weighted by Gasteiger charge is 2.24. The number of quaternary nitrogens is 1. The second-order valence-corrected chi connectivity index (χ2v) is 6.98. The van der Waals surface area contributed by atoms with Crippen LogP contribution in [0.3, 0.4) is 0 Å². The first-order valence-corrected chi connectivity index (χ1v) is 8.97. The van der Waals surface area contributed by atoms with Gasteiger partial charge in [0.1, 0.15) is 6.54 Å². The number of carbonyl (C=O) groups is 1. The highest BCUT2D eigenvalue weighted by atomic mass is 16.3. The van der Waals surface area contributed by atoms with Crippen molar-refractivity contribution < 1.29 is 14.1 Å². The Hall–Kier alpha value is -2.27. The molecule has 1 N–H and O–H groups in total. The highest BCUT2D eigenvalue weighted by Crippen LogP contribution is 2.23. The van der Waals surface area contributed by atoms with E-state index < -0.39 is 0 Å². The topological polar surface area (TPSA) is 41.1 Å². The van der Waals surface area contributed by atoms with E-state index in [0.29, 0.717) is 6.54 Å². The van der Waals surface area contributed by atoms with Gasteiger partial charge in [-0.15, -0.1) is 0 Å². The molecule has 0 spiro atoms. The van der Waals surface area contributed by atoms with Gasteiger partial charge in [-0.1, -0.05) is 12.1 Å².